The molecular formula is C36H31BrF9N7O4S. The first-order valence-electron chi connectivity index (χ1n) is 17.9. The third-order valence-electron chi connectivity index (χ3n) is 10.7. The normalized spacial score (nSPS) is 21.0. The summed E-state index contributed by atoms with van der Waals surface area (Å²) in [6, 6.07) is 2.93. The van der Waals surface area contributed by atoms with Crippen molar-refractivity contribution >= 4 is 45.4 Å². The third-order valence-corrected chi connectivity index (χ3v) is 12.4. The molecule has 3 N–H and O–H groups in total. The quantitative estimate of drug-likeness (QED) is 0.0438. The van der Waals surface area contributed by atoms with Crippen LogP contribution in [0.3, 0.4) is 0 Å². The summed E-state index contributed by atoms with van der Waals surface area (Å²) in [6.07, 6.45) is 4.45. The van der Waals surface area contributed by atoms with Crippen LogP contribution in [-0.4, -0.2) is 71.4 Å². The van der Waals surface area contributed by atoms with Gasteiger partial charge in [-0.1, -0.05) is 18.1 Å². The Morgan fingerprint density at radius 3 is 2.14 bits per heavy atom. The summed E-state index contributed by atoms with van der Waals surface area (Å²) in [5.74, 6) is -24.2. The Hall–Kier alpha value is -4.57. The van der Waals surface area contributed by atoms with Gasteiger partial charge in [0, 0.05) is 44.0 Å². The van der Waals surface area contributed by atoms with Crippen LogP contribution in [0.5, 0.6) is 0 Å². The second-order valence-electron chi connectivity index (χ2n) is 14.1. The predicted octanol–water partition coefficient (Wildman–Crippen LogP) is 6.41. The fraction of sp³-hybridized carbons (Fsp3) is 0.417. The molecule has 4 aromatic rings. The molecule has 4 atom stereocenters. The minimum absolute atomic E-state index is 0.0894. The SMILES string of the molecule is O=C(CCSc1c(F)c(F)c(-c2c(F)c(F)c(F)c(F)c2F)c(F)c1F)NCc1cn(CCCCCCN2C(=O)C[C@H]3[C@@H]4NC(=O)c5ccc(Br)n5[C@@H]4C[C@]32O)nn1. The number of aliphatic hydroxyl groups is 1. The van der Waals surface area contributed by atoms with Crippen molar-refractivity contribution in [3.63, 3.8) is 0 Å². The lowest BCUT2D eigenvalue weighted by Gasteiger charge is -2.34. The highest BCUT2D eigenvalue weighted by molar-refractivity contribution is 9.10. The highest BCUT2D eigenvalue weighted by atomic mass is 79.9. The molecule has 2 aromatic heterocycles. The standard InChI is InChI=1S/C36H31BrF9N7O4S/c37-19-6-5-17-35(56)48-33-16-11-21(55)52(36(16,57)12-18(33)53(17)19)9-4-2-1-3-8-51-14-15(49-50-51)13-47-20(54)7-10-58-34-31(45)26(40)23(27(41)32(34)46)22-24(38)28(42)30(44)29(43)25(22)39/h5-6,14,16,18,33,57H,1-4,7-13H2,(H,47,54)(H,48,56)/t16-,18+,33-,36-/m0/s1. The van der Waals surface area contributed by atoms with Gasteiger partial charge in [-0.15, -0.1) is 16.9 Å². The number of unbranched alkanes of at least 4 members (excludes halogenated alkanes) is 3. The van der Waals surface area contributed by atoms with E-state index in [9.17, 15) is 59.0 Å². The number of fused-ring (bicyclic) bond motifs is 5. The van der Waals surface area contributed by atoms with Crippen molar-refractivity contribution in [2.45, 2.75) is 80.7 Å². The number of halogens is 10. The van der Waals surface area contributed by atoms with E-state index in [0.29, 0.717) is 43.7 Å². The average molecular weight is 909 g/mol. The minimum atomic E-state index is -2.66. The number of carbonyl (C=O) groups excluding carboxylic acids is 3. The van der Waals surface area contributed by atoms with E-state index in [4.69, 9.17) is 0 Å². The number of carbonyl (C=O) groups is 3. The lowest BCUT2D eigenvalue weighted by atomic mass is 9.95. The predicted molar refractivity (Wildman–Crippen MR) is 189 cm³/mol. The van der Waals surface area contributed by atoms with E-state index in [1.54, 1.807) is 27.9 Å². The molecule has 0 spiro atoms. The number of nitrogens with zero attached hydrogens (tertiary/aromatic N) is 5. The van der Waals surface area contributed by atoms with Gasteiger partial charge in [-0.2, -0.15) is 0 Å². The lowest BCUT2D eigenvalue weighted by molar-refractivity contribution is -0.148. The summed E-state index contributed by atoms with van der Waals surface area (Å²) in [4.78, 5) is 38.2. The van der Waals surface area contributed by atoms with Gasteiger partial charge in [0.15, 0.2) is 46.5 Å². The number of aromatic nitrogens is 4. The fourth-order valence-electron chi connectivity index (χ4n) is 7.93. The van der Waals surface area contributed by atoms with Crippen LogP contribution in [0.2, 0.25) is 0 Å². The van der Waals surface area contributed by atoms with Gasteiger partial charge in [0.2, 0.25) is 17.6 Å². The van der Waals surface area contributed by atoms with Crippen molar-refractivity contribution in [1.82, 2.24) is 35.1 Å². The molecule has 0 bridgehead atoms. The number of thioether (sulfide) groups is 1. The summed E-state index contributed by atoms with van der Waals surface area (Å²) >= 11 is 3.63. The third kappa shape index (κ3) is 7.24. The summed E-state index contributed by atoms with van der Waals surface area (Å²) in [7, 11) is 0. The second-order valence-corrected chi connectivity index (χ2v) is 16.0. The van der Waals surface area contributed by atoms with Crippen molar-refractivity contribution in [2.75, 3.05) is 12.3 Å². The first-order chi connectivity index (χ1) is 27.5. The number of likely N-dealkylation sites (tertiary alicyclic amines) is 1. The van der Waals surface area contributed by atoms with E-state index in [1.807, 2.05) is 4.57 Å². The van der Waals surface area contributed by atoms with E-state index in [2.05, 4.69) is 36.9 Å². The van der Waals surface area contributed by atoms with Crippen LogP contribution in [0.25, 0.3) is 11.1 Å². The van der Waals surface area contributed by atoms with Gasteiger partial charge in [-0.25, -0.2) is 39.5 Å². The number of hydrogen-bond donors (Lipinski definition) is 3. The number of nitrogens with one attached hydrogen (secondary N) is 2. The highest BCUT2D eigenvalue weighted by Gasteiger charge is 2.63. The molecule has 0 radical (unpaired) electrons. The van der Waals surface area contributed by atoms with Crippen LogP contribution >= 0.6 is 27.7 Å². The van der Waals surface area contributed by atoms with E-state index in [0.717, 1.165) is 17.4 Å². The molecule has 2 aliphatic heterocycles. The van der Waals surface area contributed by atoms with Gasteiger partial charge in [-0.3, -0.25) is 19.1 Å². The number of aryl methyl sites for hydroxylation is 1. The van der Waals surface area contributed by atoms with E-state index < -0.39 is 98.1 Å². The molecule has 4 heterocycles. The molecule has 22 heteroatoms. The number of amides is 3. The van der Waals surface area contributed by atoms with Crippen LogP contribution in [0.1, 0.15) is 67.2 Å². The zero-order valence-corrected chi connectivity index (χ0v) is 32.2. The van der Waals surface area contributed by atoms with Crippen LogP contribution in [-0.2, 0) is 22.7 Å². The van der Waals surface area contributed by atoms with Crippen molar-refractivity contribution in [1.29, 1.82) is 0 Å². The number of rotatable bonds is 14. The maximum Gasteiger partial charge on any atom is 0.268 e. The van der Waals surface area contributed by atoms with E-state index in [1.165, 1.54) is 0 Å². The smallest absolute Gasteiger partial charge is 0.268 e. The van der Waals surface area contributed by atoms with Crippen molar-refractivity contribution < 1.29 is 59.0 Å². The monoisotopic (exact) mass is 907 g/mol. The summed E-state index contributed by atoms with van der Waals surface area (Å²) in [5, 5.41) is 25.2. The number of hydrogen-bond acceptors (Lipinski definition) is 7. The van der Waals surface area contributed by atoms with Crippen molar-refractivity contribution in [2.24, 2.45) is 5.92 Å². The molecule has 58 heavy (non-hydrogen) atoms. The molecule has 0 unspecified atom stereocenters. The Bertz CT molecular complexity index is 2270. The minimum Gasteiger partial charge on any atom is -0.370 e. The summed E-state index contributed by atoms with van der Waals surface area (Å²) in [5.41, 5.74) is -4.82. The van der Waals surface area contributed by atoms with Crippen molar-refractivity contribution in [3.8, 4) is 11.1 Å². The molecule has 2 fully saturated rings. The lowest BCUT2D eigenvalue weighted by Crippen LogP contribution is -2.50. The van der Waals surface area contributed by atoms with Crippen molar-refractivity contribution in [3.05, 3.63) is 86.7 Å². The Morgan fingerprint density at radius 2 is 1.48 bits per heavy atom. The van der Waals surface area contributed by atoms with Gasteiger partial charge < -0.3 is 25.2 Å². The first kappa shape index (κ1) is 41.6. The van der Waals surface area contributed by atoms with Crippen LogP contribution in [0.4, 0.5) is 39.5 Å². The van der Waals surface area contributed by atoms with Crippen LogP contribution < -0.4 is 10.6 Å². The maximum absolute atomic E-state index is 14.8. The summed E-state index contributed by atoms with van der Waals surface area (Å²) < 4.78 is 132. The summed E-state index contributed by atoms with van der Waals surface area (Å²) in [6.45, 7) is 0.754. The zero-order chi connectivity index (χ0) is 41.8. The zero-order valence-electron chi connectivity index (χ0n) is 29.8. The molecule has 1 saturated carbocycles. The van der Waals surface area contributed by atoms with Crippen LogP contribution in [0.15, 0.2) is 27.8 Å². The Morgan fingerprint density at radius 1 is 0.879 bits per heavy atom. The topological polar surface area (TPSA) is 134 Å². The Kier molecular flexibility index (Phi) is 11.6. The van der Waals surface area contributed by atoms with Gasteiger partial charge in [0.25, 0.3) is 5.91 Å². The van der Waals surface area contributed by atoms with Gasteiger partial charge >= 0.3 is 0 Å². The van der Waals surface area contributed by atoms with E-state index >= 15 is 0 Å². The van der Waals surface area contributed by atoms with Crippen LogP contribution in [0, 0.1) is 58.3 Å². The number of benzene rings is 2. The average Bonchev–Trinajstić information content (AvgIpc) is 3.94. The van der Waals surface area contributed by atoms with Gasteiger partial charge in [0.1, 0.15) is 17.1 Å². The first-order valence-corrected chi connectivity index (χ1v) is 19.7. The molecule has 310 valence electrons. The highest BCUT2D eigenvalue weighted by Crippen LogP contribution is 2.53. The molecular weight excluding hydrogens is 877 g/mol. The maximum atomic E-state index is 14.8. The molecule has 7 rings (SSSR count). The molecule has 11 nitrogen and oxygen atoms in total. The van der Waals surface area contributed by atoms with Gasteiger partial charge in [-0.05, 0) is 40.9 Å². The molecule has 2 aromatic carbocycles. The Labute approximate surface area is 335 Å². The molecule has 3 aliphatic rings. The second kappa shape index (κ2) is 16.2. The fourth-order valence-corrected chi connectivity index (χ4v) is 9.44. The van der Waals surface area contributed by atoms with E-state index in [-0.39, 0.29) is 48.6 Å². The Balaban J connectivity index is 0.837. The largest absolute Gasteiger partial charge is 0.370 e. The molecule has 3 amide bonds. The molecule has 1 aliphatic carbocycles. The molecule has 1 saturated heterocycles. The van der Waals surface area contributed by atoms with Gasteiger partial charge in [0.05, 0.1) is 45.5 Å².